The van der Waals surface area contributed by atoms with Crippen LogP contribution in [0.5, 0.6) is 0 Å². The second kappa shape index (κ2) is 5.26. The third kappa shape index (κ3) is 2.48. The van der Waals surface area contributed by atoms with Crippen molar-refractivity contribution in [3.63, 3.8) is 0 Å². The monoisotopic (exact) mass is 331 g/mol. The quantitative estimate of drug-likeness (QED) is 0.676. The fourth-order valence-corrected chi connectivity index (χ4v) is 2.04. The Labute approximate surface area is 117 Å². The Morgan fingerprint density at radius 1 is 1.47 bits per heavy atom. The number of carbonyl (C=O) groups excluding carboxylic acids is 2. The first-order valence-electron chi connectivity index (χ1n) is 5.42. The van der Waals surface area contributed by atoms with Crippen LogP contribution in [0.2, 0.25) is 0 Å². The van der Waals surface area contributed by atoms with Crippen LogP contribution in [0.3, 0.4) is 0 Å². The molecule has 1 aromatic rings. The Balaban J connectivity index is 2.21. The van der Waals surface area contributed by atoms with Crippen LogP contribution in [0.1, 0.15) is 0 Å². The summed E-state index contributed by atoms with van der Waals surface area (Å²) < 4.78 is 23.6. The molecule has 102 valence electrons. The summed E-state index contributed by atoms with van der Waals surface area (Å²) in [5, 5.41) is 2.38. The number of methoxy groups -OCH3 is 1. The number of ether oxygens (including phenoxy) is 2. The average Bonchev–Trinajstić information content (AvgIpc) is 2.32. The lowest BCUT2D eigenvalue weighted by molar-refractivity contribution is -0.185. The summed E-state index contributed by atoms with van der Waals surface area (Å²) in [4.78, 5) is 23.7. The molecule has 0 aromatic heterocycles. The van der Waals surface area contributed by atoms with E-state index in [1.165, 1.54) is 25.3 Å². The van der Waals surface area contributed by atoms with E-state index in [2.05, 4.69) is 26.0 Å². The van der Waals surface area contributed by atoms with Crippen molar-refractivity contribution in [1.29, 1.82) is 0 Å². The highest BCUT2D eigenvalue weighted by molar-refractivity contribution is 9.10. The van der Waals surface area contributed by atoms with Gasteiger partial charge in [0, 0.05) is 4.47 Å². The van der Waals surface area contributed by atoms with Gasteiger partial charge in [-0.1, -0.05) is 15.9 Å². The smallest absolute Gasteiger partial charge is 0.326 e. The van der Waals surface area contributed by atoms with Gasteiger partial charge in [0.15, 0.2) is 5.41 Å². The Bertz CT molecular complexity index is 530. The predicted octanol–water partition coefficient (Wildman–Crippen LogP) is 1.72. The molecular formula is C12H11BrFNO4. The van der Waals surface area contributed by atoms with E-state index in [4.69, 9.17) is 4.74 Å². The van der Waals surface area contributed by atoms with E-state index in [-0.39, 0.29) is 18.9 Å². The van der Waals surface area contributed by atoms with Gasteiger partial charge in [-0.05, 0) is 18.2 Å². The normalized spacial score (nSPS) is 16.4. The molecule has 0 radical (unpaired) electrons. The van der Waals surface area contributed by atoms with E-state index >= 15 is 0 Å². The van der Waals surface area contributed by atoms with Gasteiger partial charge in [-0.25, -0.2) is 4.39 Å². The van der Waals surface area contributed by atoms with Crippen LogP contribution < -0.4 is 5.32 Å². The number of hydrogen-bond donors (Lipinski definition) is 1. The highest BCUT2D eigenvalue weighted by atomic mass is 79.9. The van der Waals surface area contributed by atoms with Crippen molar-refractivity contribution >= 4 is 33.5 Å². The molecule has 1 fully saturated rings. The molecule has 1 aliphatic heterocycles. The second-order valence-electron chi connectivity index (χ2n) is 4.14. The zero-order valence-electron chi connectivity index (χ0n) is 10.0. The summed E-state index contributed by atoms with van der Waals surface area (Å²) in [6.07, 6.45) is 0. The zero-order chi connectivity index (χ0) is 14.0. The minimum absolute atomic E-state index is 0.00504. The number of anilines is 1. The predicted molar refractivity (Wildman–Crippen MR) is 68.0 cm³/mol. The van der Waals surface area contributed by atoms with Crippen molar-refractivity contribution < 1.29 is 23.5 Å². The topological polar surface area (TPSA) is 64.6 Å². The van der Waals surface area contributed by atoms with Gasteiger partial charge in [0.1, 0.15) is 5.82 Å². The number of halogens is 2. The first kappa shape index (κ1) is 14.0. The fourth-order valence-electron chi connectivity index (χ4n) is 1.68. The van der Waals surface area contributed by atoms with Gasteiger partial charge < -0.3 is 14.8 Å². The van der Waals surface area contributed by atoms with Crippen LogP contribution in [0.4, 0.5) is 10.1 Å². The van der Waals surface area contributed by atoms with Gasteiger partial charge in [0.2, 0.25) is 5.91 Å². The molecule has 2 rings (SSSR count). The maximum absolute atomic E-state index is 13.5. The van der Waals surface area contributed by atoms with Crippen molar-refractivity contribution in [2.24, 2.45) is 5.41 Å². The average molecular weight is 332 g/mol. The molecule has 5 nitrogen and oxygen atoms in total. The standard InChI is InChI=1S/C12H11BrFNO4/c1-18-11(17)12(5-19-6-12)10(16)15-9-4-7(13)2-3-8(9)14/h2-4H,5-6H2,1H3,(H,15,16). The molecular weight excluding hydrogens is 321 g/mol. The number of rotatable bonds is 3. The fraction of sp³-hybridized carbons (Fsp3) is 0.333. The maximum atomic E-state index is 13.5. The van der Waals surface area contributed by atoms with Crippen molar-refractivity contribution in [3.05, 3.63) is 28.5 Å². The SMILES string of the molecule is COC(=O)C1(C(=O)Nc2cc(Br)ccc2F)COC1. The molecule has 1 heterocycles. The Hall–Kier alpha value is -1.47. The number of esters is 1. The van der Waals surface area contributed by atoms with Gasteiger partial charge in [-0.15, -0.1) is 0 Å². The number of amides is 1. The molecule has 0 spiro atoms. The minimum atomic E-state index is -1.39. The molecule has 1 aromatic carbocycles. The molecule has 1 N–H and O–H groups in total. The summed E-state index contributed by atoms with van der Waals surface area (Å²) in [6, 6.07) is 4.13. The number of hydrogen-bond acceptors (Lipinski definition) is 4. The van der Waals surface area contributed by atoms with Gasteiger partial charge in [0.05, 0.1) is 26.0 Å². The third-order valence-corrected chi connectivity index (χ3v) is 3.38. The van der Waals surface area contributed by atoms with E-state index in [9.17, 15) is 14.0 Å². The van der Waals surface area contributed by atoms with Crippen molar-refractivity contribution in [1.82, 2.24) is 0 Å². The molecule has 0 unspecified atom stereocenters. The first-order valence-corrected chi connectivity index (χ1v) is 6.21. The summed E-state index contributed by atoms with van der Waals surface area (Å²) in [5.41, 5.74) is -1.39. The van der Waals surface area contributed by atoms with Crippen LogP contribution in [0, 0.1) is 11.2 Å². The summed E-state index contributed by atoms with van der Waals surface area (Å²) >= 11 is 3.18. The highest BCUT2D eigenvalue weighted by Gasteiger charge is 2.54. The molecule has 0 atom stereocenters. The molecule has 0 aliphatic carbocycles. The Kier molecular flexibility index (Phi) is 3.86. The van der Waals surface area contributed by atoms with Gasteiger partial charge in [-0.2, -0.15) is 0 Å². The lowest BCUT2D eigenvalue weighted by Crippen LogP contribution is -2.57. The Morgan fingerprint density at radius 3 is 2.68 bits per heavy atom. The summed E-state index contributed by atoms with van der Waals surface area (Å²) in [5.74, 6) is -1.91. The van der Waals surface area contributed by atoms with E-state index < -0.39 is 23.1 Å². The molecule has 7 heteroatoms. The minimum Gasteiger partial charge on any atom is -0.468 e. The molecule has 1 saturated heterocycles. The maximum Gasteiger partial charge on any atom is 0.326 e. The van der Waals surface area contributed by atoms with E-state index in [1.54, 1.807) is 0 Å². The van der Waals surface area contributed by atoms with E-state index in [1.807, 2.05) is 0 Å². The third-order valence-electron chi connectivity index (χ3n) is 2.88. The zero-order valence-corrected chi connectivity index (χ0v) is 11.6. The molecule has 1 amide bonds. The first-order chi connectivity index (χ1) is 8.99. The van der Waals surface area contributed by atoms with Crippen molar-refractivity contribution in [3.8, 4) is 0 Å². The van der Waals surface area contributed by atoms with Crippen LogP contribution in [-0.4, -0.2) is 32.2 Å². The lowest BCUT2D eigenvalue weighted by Gasteiger charge is -2.36. The van der Waals surface area contributed by atoms with Crippen LogP contribution >= 0.6 is 15.9 Å². The van der Waals surface area contributed by atoms with Crippen molar-refractivity contribution in [2.75, 3.05) is 25.6 Å². The lowest BCUT2D eigenvalue weighted by atomic mass is 9.85. The van der Waals surface area contributed by atoms with Crippen LogP contribution in [-0.2, 0) is 19.1 Å². The Morgan fingerprint density at radius 2 is 2.16 bits per heavy atom. The highest BCUT2D eigenvalue weighted by Crippen LogP contribution is 2.31. The van der Waals surface area contributed by atoms with Crippen molar-refractivity contribution in [2.45, 2.75) is 0 Å². The van der Waals surface area contributed by atoms with E-state index in [0.717, 1.165) is 0 Å². The molecule has 19 heavy (non-hydrogen) atoms. The van der Waals surface area contributed by atoms with Crippen LogP contribution in [0.25, 0.3) is 0 Å². The number of carbonyl (C=O) groups is 2. The molecule has 0 bridgehead atoms. The number of nitrogens with one attached hydrogen (secondary N) is 1. The van der Waals surface area contributed by atoms with Gasteiger partial charge >= 0.3 is 5.97 Å². The molecule has 1 aliphatic rings. The second-order valence-corrected chi connectivity index (χ2v) is 5.06. The summed E-state index contributed by atoms with van der Waals surface area (Å²) in [6.45, 7) is -0.137. The van der Waals surface area contributed by atoms with Crippen LogP contribution in [0.15, 0.2) is 22.7 Å². The number of benzene rings is 1. The molecule has 0 saturated carbocycles. The summed E-state index contributed by atoms with van der Waals surface area (Å²) in [7, 11) is 1.19. The van der Waals surface area contributed by atoms with E-state index in [0.29, 0.717) is 4.47 Å². The largest absolute Gasteiger partial charge is 0.468 e. The van der Waals surface area contributed by atoms with Gasteiger partial charge in [0.25, 0.3) is 0 Å². The van der Waals surface area contributed by atoms with Gasteiger partial charge in [-0.3, -0.25) is 9.59 Å².